The normalized spacial score (nSPS) is 31.7. The molecule has 376 valence electrons. The molecule has 3 fully saturated rings. The Morgan fingerprint density at radius 1 is 0.638 bits per heavy atom. The summed E-state index contributed by atoms with van der Waals surface area (Å²) in [6, 6.07) is 9.65. The molecule has 0 saturated carbocycles. The molecule has 7 rings (SSSR count). The monoisotopic (exact) mass is 979 g/mol. The van der Waals surface area contributed by atoms with Crippen LogP contribution in [0, 0.1) is 0 Å². The fraction of sp³-hybridized carbons (Fsp3) is 0.455. The first-order valence-corrected chi connectivity index (χ1v) is 20.9. The maximum Gasteiger partial charge on any atom is 0.402 e. The average molecular weight is 980 g/mol. The molecule has 25 nitrogen and oxygen atoms in total. The minimum atomic E-state index is -2.06. The maximum absolute atomic E-state index is 12.9. The summed E-state index contributed by atoms with van der Waals surface area (Å²) in [5, 5.41) is 148. The van der Waals surface area contributed by atoms with E-state index in [1.54, 1.807) is 0 Å². The molecule has 0 aliphatic carbocycles. The Balaban J connectivity index is 1.11. The van der Waals surface area contributed by atoms with Crippen molar-refractivity contribution in [2.45, 2.75) is 92.1 Å². The number of aliphatic hydroxyl groups is 9. The van der Waals surface area contributed by atoms with Gasteiger partial charge in [0.2, 0.25) is 17.8 Å². The van der Waals surface area contributed by atoms with E-state index >= 15 is 0 Å². The molecule has 3 saturated heterocycles. The summed E-state index contributed by atoms with van der Waals surface area (Å²) in [6.07, 6.45) is -25.8. The number of aromatic hydroxyl groups is 5. The summed E-state index contributed by atoms with van der Waals surface area (Å²) in [6.45, 7) is -2.44. The summed E-state index contributed by atoms with van der Waals surface area (Å²) in [5.74, 6) is -3.68. The third kappa shape index (κ3) is 10.8. The third-order valence-electron chi connectivity index (χ3n) is 11.5. The number of fused-ring (bicyclic) bond motifs is 1. The van der Waals surface area contributed by atoms with E-state index in [1.807, 2.05) is 0 Å². The molecular weight excluding hydrogens is 928 g/mol. The van der Waals surface area contributed by atoms with Crippen LogP contribution in [0.25, 0.3) is 28.4 Å². The van der Waals surface area contributed by atoms with Crippen molar-refractivity contribution in [3.05, 3.63) is 60.2 Å². The van der Waals surface area contributed by atoms with Crippen LogP contribution in [-0.2, 0) is 33.2 Å². The third-order valence-corrected chi connectivity index (χ3v) is 11.5. The van der Waals surface area contributed by atoms with Gasteiger partial charge in [0.25, 0.3) is 0 Å². The molecule has 3 aromatic carbocycles. The van der Waals surface area contributed by atoms with Crippen molar-refractivity contribution in [2.24, 2.45) is 0 Å². The van der Waals surface area contributed by atoms with Crippen molar-refractivity contribution in [1.29, 1.82) is 0 Å². The second-order valence-corrected chi connectivity index (χ2v) is 16.0. The molecular formula is C44H51O25+. The standard InChI is InChI=1S/C44H50O25/c1-60-24-7-16(8-25(61-2)31(24)51)3-6-30(50)62-14-29-34(54)41(69-44-38(58)35(55)32(52)27(13-45)66-44)39(59)42(67-29)63-15-28-33(53)36(56)37(57)43(68-28)65-26-12-19-21(48)10-18(46)11-23(19)64-40(26)17-4-5-20(47)22(49)9-17/h3-12,27-29,32-39,41-45,52-59H,13-15H2,1-2H3,(H4-,46,47,48,49,50,51)/p+1/t27-,28-,29-,32-,33-,34-,35+,36+,37-,38-,39-,41+,42?,43-,44+/m1/s1. The van der Waals surface area contributed by atoms with Gasteiger partial charge in [0.1, 0.15) is 96.7 Å². The van der Waals surface area contributed by atoms with E-state index in [0.717, 1.165) is 30.3 Å². The van der Waals surface area contributed by atoms with Gasteiger partial charge in [-0.2, -0.15) is 0 Å². The summed E-state index contributed by atoms with van der Waals surface area (Å²) in [5.41, 5.74) is 0.317. The van der Waals surface area contributed by atoms with Crippen LogP contribution in [0.3, 0.4) is 0 Å². The van der Waals surface area contributed by atoms with Gasteiger partial charge in [-0.25, -0.2) is 9.21 Å². The highest BCUT2D eigenvalue weighted by Gasteiger charge is 2.52. The molecule has 0 bridgehead atoms. The molecule has 25 heteroatoms. The second kappa shape index (κ2) is 21.4. The van der Waals surface area contributed by atoms with Crippen molar-refractivity contribution < 1.29 is 123 Å². The van der Waals surface area contributed by atoms with Gasteiger partial charge < -0.3 is 114 Å². The number of carbonyl (C=O) groups excluding carboxylic acids is 1. The Kier molecular flexibility index (Phi) is 15.8. The molecule has 15 atom stereocenters. The molecule has 3 aliphatic heterocycles. The fourth-order valence-corrected chi connectivity index (χ4v) is 7.66. The van der Waals surface area contributed by atoms with E-state index in [1.165, 1.54) is 44.6 Å². The molecule has 0 amide bonds. The molecule has 1 aromatic heterocycles. The van der Waals surface area contributed by atoms with Crippen LogP contribution in [0.2, 0.25) is 0 Å². The predicted octanol–water partition coefficient (Wildman–Crippen LogP) is -1.98. The summed E-state index contributed by atoms with van der Waals surface area (Å²) in [7, 11) is 2.60. The topological polar surface area (TPSA) is 395 Å². The van der Waals surface area contributed by atoms with Crippen molar-refractivity contribution >= 4 is 23.0 Å². The molecule has 4 aromatic rings. The number of aliphatic hydroxyl groups excluding tert-OH is 9. The molecule has 69 heavy (non-hydrogen) atoms. The smallest absolute Gasteiger partial charge is 0.402 e. The number of methoxy groups -OCH3 is 2. The number of hydrogen-bond donors (Lipinski definition) is 14. The average Bonchev–Trinajstić information content (AvgIpc) is 3.33. The van der Waals surface area contributed by atoms with E-state index in [9.17, 15) is 76.3 Å². The van der Waals surface area contributed by atoms with E-state index in [4.69, 9.17) is 47.0 Å². The molecule has 4 heterocycles. The number of phenolic OH excluding ortho intramolecular Hbond substituents is 5. The number of esters is 1. The molecule has 0 spiro atoms. The second-order valence-electron chi connectivity index (χ2n) is 16.0. The highest BCUT2D eigenvalue weighted by molar-refractivity contribution is 5.89. The summed E-state index contributed by atoms with van der Waals surface area (Å²) < 4.78 is 56.0. The van der Waals surface area contributed by atoms with Gasteiger partial charge in [0.15, 0.2) is 35.6 Å². The van der Waals surface area contributed by atoms with Gasteiger partial charge in [0.05, 0.1) is 39.1 Å². The quantitative estimate of drug-likeness (QED) is 0.0266. The van der Waals surface area contributed by atoms with E-state index in [2.05, 4.69) is 0 Å². The van der Waals surface area contributed by atoms with E-state index in [0.29, 0.717) is 5.56 Å². The maximum atomic E-state index is 12.9. The van der Waals surface area contributed by atoms with Crippen LogP contribution >= 0.6 is 0 Å². The molecule has 0 radical (unpaired) electrons. The Morgan fingerprint density at radius 3 is 1.91 bits per heavy atom. The summed E-state index contributed by atoms with van der Waals surface area (Å²) in [4.78, 5) is 12.9. The SMILES string of the molecule is COc1cc(/C=C/C(=O)OC[C@H]2OC(OC[C@H]3O[C@@H](Oc4cc5c(O)cc(O)cc5[o+]c4-c4ccc(O)c(O)c4)[C@H](O)[C@@H](O)[C@@H]3O)[C@H](O)[C@@H](O[C@@H]3O[C@H](CO)[C@@H](O)[C@H](O)[C@H]3O)[C@@H]2O)cc(OC)c1O. The van der Waals surface area contributed by atoms with Crippen LogP contribution in [0.5, 0.6) is 46.0 Å². The molecule has 1 unspecified atom stereocenters. The predicted molar refractivity (Wildman–Crippen MR) is 226 cm³/mol. The zero-order valence-corrected chi connectivity index (χ0v) is 36.3. The van der Waals surface area contributed by atoms with E-state index < -0.39 is 135 Å². The number of ether oxygens (including phenoxy) is 9. The van der Waals surface area contributed by atoms with E-state index in [-0.39, 0.29) is 51.0 Å². The first-order chi connectivity index (χ1) is 32.8. The van der Waals surface area contributed by atoms with Crippen LogP contribution in [0.4, 0.5) is 0 Å². The van der Waals surface area contributed by atoms with Gasteiger partial charge in [-0.05, 0) is 35.9 Å². The van der Waals surface area contributed by atoms with Crippen LogP contribution in [-0.4, -0.2) is 204 Å². The van der Waals surface area contributed by atoms with Crippen molar-refractivity contribution in [3.63, 3.8) is 0 Å². The van der Waals surface area contributed by atoms with Gasteiger partial charge in [-0.3, -0.25) is 0 Å². The van der Waals surface area contributed by atoms with Gasteiger partial charge in [-0.1, -0.05) is 0 Å². The van der Waals surface area contributed by atoms with Crippen molar-refractivity contribution in [2.75, 3.05) is 34.0 Å². The van der Waals surface area contributed by atoms with Gasteiger partial charge >= 0.3 is 17.3 Å². The van der Waals surface area contributed by atoms with Crippen molar-refractivity contribution in [1.82, 2.24) is 0 Å². The Bertz CT molecular complexity index is 2440. The minimum absolute atomic E-state index is 0.0265. The molecule has 3 aliphatic rings. The first-order valence-electron chi connectivity index (χ1n) is 20.9. The summed E-state index contributed by atoms with van der Waals surface area (Å²) >= 11 is 0. The number of phenols is 5. The Labute approximate surface area is 389 Å². The minimum Gasteiger partial charge on any atom is -0.507 e. The Morgan fingerprint density at radius 2 is 1.26 bits per heavy atom. The van der Waals surface area contributed by atoms with Crippen LogP contribution in [0.15, 0.2) is 59.0 Å². The number of hydrogen-bond acceptors (Lipinski definition) is 24. The highest BCUT2D eigenvalue weighted by atomic mass is 16.8. The van der Waals surface area contributed by atoms with Crippen LogP contribution < -0.4 is 14.2 Å². The van der Waals surface area contributed by atoms with Crippen molar-refractivity contribution in [3.8, 4) is 57.3 Å². The first kappa shape index (κ1) is 51.0. The zero-order valence-electron chi connectivity index (χ0n) is 36.3. The lowest BCUT2D eigenvalue weighted by Gasteiger charge is -2.46. The van der Waals surface area contributed by atoms with Gasteiger partial charge in [0, 0.05) is 24.3 Å². The lowest BCUT2D eigenvalue weighted by Crippen LogP contribution is -2.65. The Hall–Kier alpha value is -5.88. The highest BCUT2D eigenvalue weighted by Crippen LogP contribution is 2.43. The molecule has 14 N–H and O–H groups in total. The van der Waals surface area contributed by atoms with Crippen LogP contribution in [0.1, 0.15) is 5.56 Å². The number of rotatable bonds is 15. The lowest BCUT2D eigenvalue weighted by molar-refractivity contribution is -0.364. The fourth-order valence-electron chi connectivity index (χ4n) is 7.66. The number of benzene rings is 3. The lowest BCUT2D eigenvalue weighted by atomic mass is 9.96. The zero-order chi connectivity index (χ0) is 50.0. The largest absolute Gasteiger partial charge is 0.507 e. The van der Waals surface area contributed by atoms with Gasteiger partial charge in [-0.15, -0.1) is 0 Å². The number of carbonyl (C=O) groups is 1.